The van der Waals surface area contributed by atoms with Crippen LogP contribution in [0.2, 0.25) is 0 Å². The maximum Gasteiger partial charge on any atom is 0.0971 e. The van der Waals surface area contributed by atoms with Crippen molar-refractivity contribution in [1.29, 1.82) is 0 Å². The molecule has 1 heterocycles. The second kappa shape index (κ2) is 13.4. The molecule has 13 aromatic carbocycles. The molecule has 1 aromatic heterocycles. The summed E-state index contributed by atoms with van der Waals surface area (Å²) in [4.78, 5) is 14.8. The van der Waals surface area contributed by atoms with E-state index >= 15 is 0 Å². The van der Waals surface area contributed by atoms with Crippen molar-refractivity contribution in [2.75, 3.05) is 9.80 Å². The van der Waals surface area contributed by atoms with Gasteiger partial charge in [-0.1, -0.05) is 146 Å². The summed E-state index contributed by atoms with van der Waals surface area (Å²) < 4.78 is 0. The molecule has 0 fully saturated rings. The SMILES string of the molecule is c1ccc(N(c2ccc3c(c2)c2cc(N(c4ccccc4)c4cc5cccc6ccc7cccc4c7c65)ccc2c2nccnc32)c2cc3cccc4ccc5cccc2c5c43)cc1. The topological polar surface area (TPSA) is 32.3 Å². The van der Waals surface area contributed by atoms with E-state index in [1.54, 1.807) is 0 Å². The molecule has 0 atom stereocenters. The Labute approximate surface area is 368 Å². The minimum Gasteiger partial charge on any atom is -0.310 e. The van der Waals surface area contributed by atoms with Crippen LogP contribution in [0.3, 0.4) is 0 Å². The minimum atomic E-state index is 0.893. The molecule has 0 aliphatic rings. The van der Waals surface area contributed by atoms with Crippen molar-refractivity contribution >= 4 is 131 Å². The van der Waals surface area contributed by atoms with Gasteiger partial charge in [-0.05, 0) is 125 Å². The Morgan fingerprint density at radius 2 is 0.641 bits per heavy atom. The second-order valence-electron chi connectivity index (χ2n) is 16.9. The molecule has 0 N–H and O–H groups in total. The largest absolute Gasteiger partial charge is 0.310 e. The molecule has 0 radical (unpaired) electrons. The van der Waals surface area contributed by atoms with E-state index in [4.69, 9.17) is 9.97 Å². The lowest BCUT2D eigenvalue weighted by Gasteiger charge is -2.29. The molecule has 64 heavy (non-hydrogen) atoms. The van der Waals surface area contributed by atoms with Crippen molar-refractivity contribution in [1.82, 2.24) is 9.97 Å². The molecular weight excluding hydrogens is 777 g/mol. The Bertz CT molecular complexity index is 3880. The van der Waals surface area contributed by atoms with E-state index in [9.17, 15) is 0 Å². The lowest BCUT2D eigenvalue weighted by molar-refractivity contribution is 1.30. The number of benzene rings is 13. The Kier molecular flexibility index (Phi) is 7.36. The molecule has 0 saturated heterocycles. The van der Waals surface area contributed by atoms with Gasteiger partial charge in [0.25, 0.3) is 0 Å². The predicted octanol–water partition coefficient (Wildman–Crippen LogP) is 16.7. The lowest BCUT2D eigenvalue weighted by Crippen LogP contribution is -2.11. The normalized spacial score (nSPS) is 12.1. The van der Waals surface area contributed by atoms with E-state index in [0.29, 0.717) is 0 Å². The van der Waals surface area contributed by atoms with E-state index in [1.807, 2.05) is 12.4 Å². The van der Waals surface area contributed by atoms with E-state index < -0.39 is 0 Å². The zero-order valence-corrected chi connectivity index (χ0v) is 34.6. The highest BCUT2D eigenvalue weighted by atomic mass is 15.1. The van der Waals surface area contributed by atoms with Gasteiger partial charge < -0.3 is 9.80 Å². The first-order valence-electron chi connectivity index (χ1n) is 21.9. The van der Waals surface area contributed by atoms with Gasteiger partial charge in [0, 0.05) is 56.7 Å². The van der Waals surface area contributed by atoms with Gasteiger partial charge in [-0.15, -0.1) is 0 Å². The Morgan fingerprint density at radius 3 is 1.08 bits per heavy atom. The Morgan fingerprint density at radius 1 is 0.250 bits per heavy atom. The van der Waals surface area contributed by atoms with Gasteiger partial charge in [0.05, 0.1) is 22.4 Å². The number of aromatic nitrogens is 2. The van der Waals surface area contributed by atoms with Gasteiger partial charge in [-0.3, -0.25) is 9.97 Å². The third kappa shape index (κ3) is 5.05. The zero-order valence-electron chi connectivity index (χ0n) is 34.6. The minimum absolute atomic E-state index is 0.893. The number of hydrogen-bond donors (Lipinski definition) is 0. The average molecular weight is 813 g/mol. The van der Waals surface area contributed by atoms with Crippen LogP contribution in [0.4, 0.5) is 34.1 Å². The molecule has 0 aliphatic heterocycles. The number of para-hydroxylation sites is 2. The summed E-state index contributed by atoms with van der Waals surface area (Å²) in [6, 6.07) is 75.8. The van der Waals surface area contributed by atoms with Crippen LogP contribution in [0, 0.1) is 0 Å². The molecule has 14 rings (SSSR count). The van der Waals surface area contributed by atoms with Crippen LogP contribution >= 0.6 is 0 Å². The van der Waals surface area contributed by atoms with Crippen LogP contribution in [0.15, 0.2) is 219 Å². The third-order valence-corrected chi connectivity index (χ3v) is 13.5. The van der Waals surface area contributed by atoms with E-state index in [1.165, 1.54) is 64.6 Å². The van der Waals surface area contributed by atoms with Crippen molar-refractivity contribution in [3.05, 3.63) is 219 Å². The van der Waals surface area contributed by atoms with E-state index in [-0.39, 0.29) is 0 Å². The van der Waals surface area contributed by atoms with Gasteiger partial charge in [0.2, 0.25) is 0 Å². The van der Waals surface area contributed by atoms with Gasteiger partial charge in [0.15, 0.2) is 0 Å². The summed E-state index contributed by atoms with van der Waals surface area (Å²) in [5.41, 5.74) is 8.36. The predicted molar refractivity (Wildman–Crippen MR) is 271 cm³/mol. The van der Waals surface area contributed by atoms with Gasteiger partial charge in [-0.25, -0.2) is 0 Å². The fraction of sp³-hybridized carbons (Fsp3) is 0. The fourth-order valence-electron chi connectivity index (χ4n) is 10.8. The Hall–Kier alpha value is -8.60. The standard InChI is InChI=1S/C60H36N4/c1-3-17-43(18-4-1)63(53-33-41-15-7-11-37-23-25-39-13-9-21-49(53)57(39)55(37)41)45-27-29-47-51(35-45)52-36-46(28-30-48(52)60-59(47)61-31-32-62-60)64(44-19-5-2-6-20-44)54-34-42-16-8-12-38-24-26-40-14-10-22-50(54)58(40)56(38)42/h1-36H. The monoisotopic (exact) mass is 812 g/mol. The first-order chi connectivity index (χ1) is 31.7. The summed E-state index contributed by atoms with van der Waals surface area (Å²) in [7, 11) is 0. The summed E-state index contributed by atoms with van der Waals surface area (Å²) in [5.74, 6) is 0. The summed E-state index contributed by atoms with van der Waals surface area (Å²) in [6.07, 6.45) is 3.62. The maximum atomic E-state index is 4.99. The van der Waals surface area contributed by atoms with Gasteiger partial charge in [0.1, 0.15) is 0 Å². The quantitative estimate of drug-likeness (QED) is 0.157. The molecule has 4 heteroatoms. The molecule has 0 spiro atoms. The first kappa shape index (κ1) is 35.0. The fourth-order valence-corrected chi connectivity index (χ4v) is 10.8. The van der Waals surface area contributed by atoms with Crippen molar-refractivity contribution < 1.29 is 0 Å². The smallest absolute Gasteiger partial charge is 0.0971 e. The van der Waals surface area contributed by atoms with Crippen LogP contribution in [-0.4, -0.2) is 9.97 Å². The molecule has 296 valence electrons. The highest BCUT2D eigenvalue weighted by Gasteiger charge is 2.23. The van der Waals surface area contributed by atoms with Crippen LogP contribution in [-0.2, 0) is 0 Å². The molecule has 0 aliphatic carbocycles. The molecule has 4 nitrogen and oxygen atoms in total. The molecule has 14 aromatic rings. The molecular formula is C60H36N4. The maximum absolute atomic E-state index is 4.99. The van der Waals surface area contributed by atoms with Crippen LogP contribution in [0.5, 0.6) is 0 Å². The summed E-state index contributed by atoms with van der Waals surface area (Å²) in [6.45, 7) is 0. The van der Waals surface area contributed by atoms with Crippen LogP contribution < -0.4 is 9.80 Å². The van der Waals surface area contributed by atoms with Crippen molar-refractivity contribution in [2.24, 2.45) is 0 Å². The summed E-state index contributed by atoms with van der Waals surface area (Å²) >= 11 is 0. The number of anilines is 6. The molecule has 0 saturated carbocycles. The second-order valence-corrected chi connectivity index (χ2v) is 16.9. The van der Waals surface area contributed by atoms with Gasteiger partial charge in [-0.2, -0.15) is 0 Å². The van der Waals surface area contributed by atoms with Crippen molar-refractivity contribution in [2.45, 2.75) is 0 Å². The number of fused-ring (bicyclic) bond motifs is 6. The van der Waals surface area contributed by atoms with E-state index in [0.717, 1.165) is 66.7 Å². The zero-order chi connectivity index (χ0) is 41.9. The molecule has 0 amide bonds. The van der Waals surface area contributed by atoms with Crippen molar-refractivity contribution in [3.63, 3.8) is 0 Å². The number of hydrogen-bond acceptors (Lipinski definition) is 4. The van der Waals surface area contributed by atoms with E-state index in [2.05, 4.69) is 216 Å². The average Bonchev–Trinajstić information content (AvgIpc) is 3.36. The highest BCUT2D eigenvalue weighted by molar-refractivity contribution is 6.29. The molecule has 0 unspecified atom stereocenters. The Balaban J connectivity index is 1.06. The van der Waals surface area contributed by atoms with Crippen LogP contribution in [0.25, 0.3) is 97.2 Å². The number of nitrogens with zero attached hydrogens (tertiary/aromatic N) is 4. The number of rotatable bonds is 6. The van der Waals surface area contributed by atoms with Gasteiger partial charge >= 0.3 is 0 Å². The van der Waals surface area contributed by atoms with Crippen molar-refractivity contribution in [3.8, 4) is 0 Å². The lowest BCUT2D eigenvalue weighted by atomic mass is 9.92. The molecule has 0 bridgehead atoms. The highest BCUT2D eigenvalue weighted by Crippen LogP contribution is 2.49. The third-order valence-electron chi connectivity index (χ3n) is 13.5. The first-order valence-corrected chi connectivity index (χ1v) is 21.9. The van der Waals surface area contributed by atoms with Crippen LogP contribution in [0.1, 0.15) is 0 Å². The summed E-state index contributed by atoms with van der Waals surface area (Å²) in [5, 5.41) is 19.4.